The topological polar surface area (TPSA) is 56.3 Å². The van der Waals surface area contributed by atoms with Crippen LogP contribution in [0.4, 0.5) is 13.2 Å². The summed E-state index contributed by atoms with van der Waals surface area (Å²) in [6.07, 6.45) is -4.82. The number of halogens is 3. The first-order chi connectivity index (χ1) is 11.7. The number of hydrogen-bond donors (Lipinski definition) is 0. The largest absolute Gasteiger partial charge is 0.573 e. The molecule has 0 fully saturated rings. The van der Waals surface area contributed by atoms with E-state index >= 15 is 0 Å². The normalized spacial score (nSPS) is 12.3. The maximum absolute atomic E-state index is 12.4. The molecule has 8 heteroatoms. The average molecular weight is 367 g/mol. The maximum atomic E-state index is 12.4. The molecule has 1 aromatic heterocycles. The third-order valence-corrected chi connectivity index (χ3v) is 5.08. The van der Waals surface area contributed by atoms with Gasteiger partial charge >= 0.3 is 6.36 Å². The summed E-state index contributed by atoms with van der Waals surface area (Å²) in [5.74, 6) is -0.826. The number of nitrogens with zero attached hydrogens (tertiary/aromatic N) is 1. The molecule has 0 N–H and O–H groups in total. The predicted molar refractivity (Wildman–Crippen MR) is 85.8 cm³/mol. The van der Waals surface area contributed by atoms with Crippen molar-refractivity contribution >= 4 is 20.7 Å². The van der Waals surface area contributed by atoms with Crippen LogP contribution in [0.1, 0.15) is 5.69 Å². The van der Waals surface area contributed by atoms with E-state index in [-0.39, 0.29) is 10.6 Å². The fourth-order valence-electron chi connectivity index (χ4n) is 2.32. The van der Waals surface area contributed by atoms with Gasteiger partial charge in [0.15, 0.2) is 9.84 Å². The fourth-order valence-corrected chi connectivity index (χ4v) is 3.58. The van der Waals surface area contributed by atoms with E-state index in [9.17, 15) is 21.6 Å². The summed E-state index contributed by atoms with van der Waals surface area (Å²) in [6, 6.07) is 14.8. The summed E-state index contributed by atoms with van der Waals surface area (Å²) in [5, 5.41) is 0.886. The second-order valence-corrected chi connectivity index (χ2v) is 7.26. The van der Waals surface area contributed by atoms with E-state index in [0.29, 0.717) is 11.2 Å². The minimum absolute atomic E-state index is 0.100. The first kappa shape index (κ1) is 17.2. The van der Waals surface area contributed by atoms with E-state index in [1.165, 1.54) is 0 Å². The number of hydrogen-bond acceptors (Lipinski definition) is 4. The second-order valence-electron chi connectivity index (χ2n) is 5.27. The Labute approximate surface area is 141 Å². The SMILES string of the molecule is O=S(=O)(Cc1ccc2ccccc2n1)c1ccc(OC(F)(F)F)cc1. The first-order valence-electron chi connectivity index (χ1n) is 7.16. The van der Waals surface area contributed by atoms with Gasteiger partial charge in [-0.2, -0.15) is 0 Å². The Hall–Kier alpha value is -2.61. The van der Waals surface area contributed by atoms with E-state index in [1.54, 1.807) is 24.3 Å². The summed E-state index contributed by atoms with van der Waals surface area (Å²) in [4.78, 5) is 4.20. The molecule has 3 rings (SSSR count). The highest BCUT2D eigenvalue weighted by atomic mass is 32.2. The van der Waals surface area contributed by atoms with Gasteiger partial charge in [0.2, 0.25) is 0 Å². The molecule has 1 heterocycles. The van der Waals surface area contributed by atoms with Crippen LogP contribution in [-0.4, -0.2) is 19.8 Å². The number of alkyl halides is 3. The van der Waals surface area contributed by atoms with Gasteiger partial charge in [-0.05, 0) is 36.4 Å². The number of para-hydroxylation sites is 1. The molecule has 0 atom stereocenters. The van der Waals surface area contributed by atoms with Gasteiger partial charge in [-0.25, -0.2) is 8.42 Å². The van der Waals surface area contributed by atoms with Gasteiger partial charge in [0.05, 0.1) is 21.9 Å². The van der Waals surface area contributed by atoms with Crippen molar-refractivity contribution in [2.75, 3.05) is 0 Å². The molecular formula is C17H12F3NO3S. The summed E-state index contributed by atoms with van der Waals surface area (Å²) < 4.78 is 65.0. The van der Waals surface area contributed by atoms with Crippen molar-refractivity contribution in [2.45, 2.75) is 17.0 Å². The molecule has 0 aliphatic rings. The molecule has 0 unspecified atom stereocenters. The lowest BCUT2D eigenvalue weighted by Crippen LogP contribution is -2.17. The Morgan fingerprint density at radius 3 is 2.28 bits per heavy atom. The zero-order chi connectivity index (χ0) is 18.1. The maximum Gasteiger partial charge on any atom is 0.573 e. The highest BCUT2D eigenvalue weighted by Crippen LogP contribution is 2.25. The monoisotopic (exact) mass is 367 g/mol. The molecular weight excluding hydrogens is 355 g/mol. The molecule has 0 saturated heterocycles. The van der Waals surface area contributed by atoms with Crippen molar-refractivity contribution in [3.05, 3.63) is 66.4 Å². The average Bonchev–Trinajstić information content (AvgIpc) is 2.53. The van der Waals surface area contributed by atoms with Crippen LogP contribution < -0.4 is 4.74 Å². The van der Waals surface area contributed by atoms with Gasteiger partial charge in [0.25, 0.3) is 0 Å². The van der Waals surface area contributed by atoms with Gasteiger partial charge in [-0.15, -0.1) is 13.2 Å². The quantitative estimate of drug-likeness (QED) is 0.696. The zero-order valence-electron chi connectivity index (χ0n) is 12.7. The van der Waals surface area contributed by atoms with Gasteiger partial charge in [0, 0.05) is 5.39 Å². The predicted octanol–water partition coefficient (Wildman–Crippen LogP) is 4.11. The van der Waals surface area contributed by atoms with Crippen LogP contribution in [0, 0.1) is 0 Å². The van der Waals surface area contributed by atoms with Crippen LogP contribution in [0.5, 0.6) is 5.75 Å². The van der Waals surface area contributed by atoms with Gasteiger partial charge < -0.3 is 4.74 Å². The number of rotatable bonds is 4. The number of pyridine rings is 1. The molecule has 4 nitrogen and oxygen atoms in total. The first-order valence-corrected chi connectivity index (χ1v) is 8.81. The van der Waals surface area contributed by atoms with Crippen LogP contribution in [0.15, 0.2) is 65.6 Å². The number of benzene rings is 2. The van der Waals surface area contributed by atoms with Crippen LogP contribution in [0.25, 0.3) is 10.9 Å². The molecule has 0 bridgehead atoms. The van der Waals surface area contributed by atoms with Crippen molar-refractivity contribution in [1.29, 1.82) is 0 Å². The molecule has 0 amide bonds. The Bertz CT molecular complexity index is 1000. The number of aromatic nitrogens is 1. The summed E-state index contributed by atoms with van der Waals surface area (Å²) in [5.41, 5.74) is 1.03. The van der Waals surface area contributed by atoms with Gasteiger partial charge in [-0.3, -0.25) is 4.98 Å². The number of fused-ring (bicyclic) bond motifs is 1. The van der Waals surface area contributed by atoms with E-state index in [1.807, 2.05) is 12.1 Å². The zero-order valence-corrected chi connectivity index (χ0v) is 13.5. The smallest absolute Gasteiger partial charge is 0.406 e. The lowest BCUT2D eigenvalue weighted by Gasteiger charge is -2.09. The lowest BCUT2D eigenvalue weighted by molar-refractivity contribution is -0.274. The van der Waals surface area contributed by atoms with Crippen molar-refractivity contribution in [3.63, 3.8) is 0 Å². The van der Waals surface area contributed by atoms with Crippen LogP contribution in [0.3, 0.4) is 0 Å². The Balaban J connectivity index is 1.83. The molecule has 0 radical (unpaired) electrons. The van der Waals surface area contributed by atoms with Crippen molar-refractivity contribution in [3.8, 4) is 5.75 Å². The molecule has 0 saturated carbocycles. The van der Waals surface area contributed by atoms with Crippen LogP contribution in [0.2, 0.25) is 0 Å². The Morgan fingerprint density at radius 1 is 0.920 bits per heavy atom. The number of sulfone groups is 1. The molecule has 0 spiro atoms. The van der Waals surface area contributed by atoms with Gasteiger partial charge in [-0.1, -0.05) is 24.3 Å². The van der Waals surface area contributed by atoms with E-state index in [2.05, 4.69) is 9.72 Å². The third-order valence-electron chi connectivity index (χ3n) is 3.41. The van der Waals surface area contributed by atoms with Crippen LogP contribution >= 0.6 is 0 Å². The minimum atomic E-state index is -4.82. The molecule has 0 aliphatic heterocycles. The van der Waals surface area contributed by atoms with Gasteiger partial charge in [0.1, 0.15) is 5.75 Å². The summed E-state index contributed by atoms with van der Waals surface area (Å²) in [6.45, 7) is 0. The fraction of sp³-hybridized carbons (Fsp3) is 0.118. The van der Waals surface area contributed by atoms with E-state index in [4.69, 9.17) is 0 Å². The van der Waals surface area contributed by atoms with E-state index in [0.717, 1.165) is 29.7 Å². The Kier molecular flexibility index (Phi) is 4.38. The van der Waals surface area contributed by atoms with Crippen molar-refractivity contribution in [2.24, 2.45) is 0 Å². The highest BCUT2D eigenvalue weighted by molar-refractivity contribution is 7.90. The number of ether oxygens (including phenoxy) is 1. The third kappa shape index (κ3) is 4.27. The molecule has 25 heavy (non-hydrogen) atoms. The highest BCUT2D eigenvalue weighted by Gasteiger charge is 2.31. The molecule has 3 aromatic rings. The van der Waals surface area contributed by atoms with Crippen molar-refractivity contribution < 1.29 is 26.3 Å². The second kappa shape index (κ2) is 6.36. The Morgan fingerprint density at radius 2 is 1.60 bits per heavy atom. The van der Waals surface area contributed by atoms with E-state index < -0.39 is 21.9 Å². The standard InChI is InChI=1S/C17H12F3NO3S/c18-17(19,20)24-14-7-9-15(10-8-14)25(22,23)11-13-6-5-12-3-1-2-4-16(12)21-13/h1-10H,11H2. The molecule has 130 valence electrons. The van der Waals surface area contributed by atoms with Crippen LogP contribution in [-0.2, 0) is 15.6 Å². The minimum Gasteiger partial charge on any atom is -0.406 e. The lowest BCUT2D eigenvalue weighted by atomic mass is 10.2. The summed E-state index contributed by atoms with van der Waals surface area (Å²) >= 11 is 0. The summed E-state index contributed by atoms with van der Waals surface area (Å²) in [7, 11) is -3.74. The molecule has 2 aromatic carbocycles. The van der Waals surface area contributed by atoms with Crippen molar-refractivity contribution in [1.82, 2.24) is 4.98 Å². The molecule has 0 aliphatic carbocycles.